The molecule has 0 aromatic heterocycles. The molecule has 1 N–H and O–H groups in total. The molecule has 0 unspecified atom stereocenters. The number of likely N-dealkylation sites (tertiary alicyclic amines) is 1. The highest BCUT2D eigenvalue weighted by Crippen LogP contribution is 2.39. The Morgan fingerprint density at radius 1 is 1.11 bits per heavy atom. The van der Waals surface area contributed by atoms with E-state index in [1.165, 1.54) is 18.2 Å². The first-order valence-electron chi connectivity index (χ1n) is 12.1. The van der Waals surface area contributed by atoms with Crippen LogP contribution in [0.5, 0.6) is 0 Å². The van der Waals surface area contributed by atoms with Gasteiger partial charge in [0.05, 0.1) is 17.3 Å². The number of benzene rings is 2. The van der Waals surface area contributed by atoms with E-state index in [0.717, 1.165) is 5.69 Å². The molecule has 2 aliphatic heterocycles. The Kier molecular flexibility index (Phi) is 7.23. The quantitative estimate of drug-likeness (QED) is 0.670. The molecule has 8 nitrogen and oxygen atoms in total. The number of nitriles is 1. The minimum atomic E-state index is -0.729. The van der Waals surface area contributed by atoms with Crippen molar-refractivity contribution in [3.63, 3.8) is 0 Å². The third-order valence-corrected chi connectivity index (χ3v) is 7.47. The van der Waals surface area contributed by atoms with Crippen LogP contribution in [0.15, 0.2) is 48.5 Å². The van der Waals surface area contributed by atoms with Crippen LogP contribution in [-0.2, 0) is 9.59 Å². The van der Waals surface area contributed by atoms with Gasteiger partial charge in [-0.3, -0.25) is 14.4 Å². The zero-order valence-electron chi connectivity index (χ0n) is 20.7. The lowest BCUT2D eigenvalue weighted by Gasteiger charge is -2.44. The van der Waals surface area contributed by atoms with E-state index in [9.17, 15) is 14.4 Å². The molecule has 2 heterocycles. The van der Waals surface area contributed by atoms with E-state index in [1.807, 2.05) is 57.3 Å². The van der Waals surface area contributed by atoms with Gasteiger partial charge in [-0.05, 0) is 49.1 Å². The van der Waals surface area contributed by atoms with Gasteiger partial charge >= 0.3 is 0 Å². The van der Waals surface area contributed by atoms with E-state index in [2.05, 4.69) is 10.2 Å². The van der Waals surface area contributed by atoms with Gasteiger partial charge in [-0.2, -0.15) is 5.26 Å². The van der Waals surface area contributed by atoms with Crippen LogP contribution in [0.1, 0.15) is 42.6 Å². The third-order valence-electron chi connectivity index (χ3n) is 7.16. The van der Waals surface area contributed by atoms with Crippen molar-refractivity contribution in [3.8, 4) is 6.07 Å². The number of carbonyl (C=O) groups excluding carboxylic acids is 3. The van der Waals surface area contributed by atoms with Crippen molar-refractivity contribution >= 4 is 35.0 Å². The van der Waals surface area contributed by atoms with Gasteiger partial charge in [0.1, 0.15) is 17.6 Å². The van der Waals surface area contributed by atoms with Crippen molar-refractivity contribution in [2.24, 2.45) is 5.92 Å². The van der Waals surface area contributed by atoms with Crippen LogP contribution in [0.25, 0.3) is 0 Å². The van der Waals surface area contributed by atoms with Crippen molar-refractivity contribution in [1.82, 2.24) is 15.1 Å². The average Bonchev–Trinajstić information content (AvgIpc) is 3.12. The van der Waals surface area contributed by atoms with Crippen LogP contribution in [0.4, 0.5) is 5.69 Å². The van der Waals surface area contributed by atoms with Gasteiger partial charge in [0.25, 0.3) is 5.91 Å². The first-order chi connectivity index (χ1) is 17.2. The number of piperidine rings is 1. The molecular formula is C27H30ClN5O3. The zero-order valence-corrected chi connectivity index (χ0v) is 21.5. The summed E-state index contributed by atoms with van der Waals surface area (Å²) in [6.07, 6.45) is 1.03. The van der Waals surface area contributed by atoms with E-state index in [4.69, 9.17) is 16.9 Å². The molecule has 9 heteroatoms. The van der Waals surface area contributed by atoms with Gasteiger partial charge < -0.3 is 20.0 Å². The number of carbonyl (C=O) groups is 3. The van der Waals surface area contributed by atoms with Crippen molar-refractivity contribution < 1.29 is 14.4 Å². The molecule has 2 aromatic carbocycles. The number of rotatable bonds is 5. The number of hydrogen-bond donors (Lipinski definition) is 1. The Bertz CT molecular complexity index is 1200. The summed E-state index contributed by atoms with van der Waals surface area (Å²) in [5, 5.41) is 12.1. The fourth-order valence-electron chi connectivity index (χ4n) is 5.08. The summed E-state index contributed by atoms with van der Waals surface area (Å²) < 4.78 is 0. The Hall–Kier alpha value is -3.57. The maximum Gasteiger partial charge on any atom is 0.251 e. The lowest BCUT2D eigenvalue weighted by molar-refractivity contribution is -0.139. The van der Waals surface area contributed by atoms with Crippen LogP contribution in [-0.4, -0.2) is 65.9 Å². The fourth-order valence-corrected chi connectivity index (χ4v) is 5.30. The molecule has 2 fully saturated rings. The zero-order chi connectivity index (χ0) is 26.0. The summed E-state index contributed by atoms with van der Waals surface area (Å²) in [5.74, 6) is -0.668. The molecular weight excluding hydrogens is 478 g/mol. The minimum Gasteiger partial charge on any atom is -0.341 e. The van der Waals surface area contributed by atoms with E-state index < -0.39 is 17.5 Å². The van der Waals surface area contributed by atoms with E-state index in [1.54, 1.807) is 9.80 Å². The number of likely N-dealkylation sites (N-methyl/N-ethyl adjacent to an activating group) is 1. The lowest BCUT2D eigenvalue weighted by Crippen LogP contribution is -2.60. The Labute approximate surface area is 216 Å². The number of para-hydroxylation sites is 1. The molecule has 0 radical (unpaired) electrons. The molecule has 2 saturated heterocycles. The molecule has 188 valence electrons. The Morgan fingerprint density at radius 2 is 1.78 bits per heavy atom. The van der Waals surface area contributed by atoms with Gasteiger partial charge in [0.15, 0.2) is 0 Å². The summed E-state index contributed by atoms with van der Waals surface area (Å²) in [6, 6.07) is 15.6. The van der Waals surface area contributed by atoms with Crippen LogP contribution in [0, 0.1) is 17.2 Å². The molecule has 0 bridgehead atoms. The standard InChI is InChI=1S/C27H30ClN5O3/c1-18(2)23(30-24(34)19-9-10-20(16-29)22(28)15-19)25(35)32-13-11-27(12-14-32)26(36)31(3)17-33(27)21-7-5-4-6-8-21/h4-10,15,18,23H,11-14,17H2,1-3H3,(H,30,34)/t23-/m1/s1. The lowest BCUT2D eigenvalue weighted by atomic mass is 9.85. The minimum absolute atomic E-state index is 0.0739. The molecule has 2 aromatic rings. The fraction of sp³-hybridized carbons (Fsp3) is 0.407. The summed E-state index contributed by atoms with van der Waals surface area (Å²) >= 11 is 6.08. The van der Waals surface area contributed by atoms with Gasteiger partial charge in [-0.25, -0.2) is 0 Å². The first kappa shape index (κ1) is 25.5. The van der Waals surface area contributed by atoms with E-state index >= 15 is 0 Å². The predicted octanol–water partition coefficient (Wildman–Crippen LogP) is 3.26. The molecule has 1 atom stereocenters. The molecule has 0 aliphatic carbocycles. The Morgan fingerprint density at radius 3 is 2.36 bits per heavy atom. The third kappa shape index (κ3) is 4.63. The number of hydrogen-bond acceptors (Lipinski definition) is 5. The van der Waals surface area contributed by atoms with Crippen LogP contribution in [0.2, 0.25) is 5.02 Å². The van der Waals surface area contributed by atoms with Gasteiger partial charge in [0, 0.05) is 31.4 Å². The van der Waals surface area contributed by atoms with Crippen molar-refractivity contribution in [3.05, 3.63) is 64.7 Å². The van der Waals surface area contributed by atoms with Crippen LogP contribution >= 0.6 is 11.6 Å². The van der Waals surface area contributed by atoms with E-state index in [0.29, 0.717) is 32.6 Å². The smallest absolute Gasteiger partial charge is 0.251 e. The molecule has 2 aliphatic rings. The molecule has 36 heavy (non-hydrogen) atoms. The second kappa shape index (κ2) is 10.2. The number of nitrogens with one attached hydrogen (secondary N) is 1. The topological polar surface area (TPSA) is 96.8 Å². The largest absolute Gasteiger partial charge is 0.341 e. The van der Waals surface area contributed by atoms with Crippen molar-refractivity contribution in [1.29, 1.82) is 5.26 Å². The highest BCUT2D eigenvalue weighted by molar-refractivity contribution is 6.32. The summed E-state index contributed by atoms with van der Waals surface area (Å²) in [7, 11) is 1.81. The molecule has 1 spiro atoms. The predicted molar refractivity (Wildman–Crippen MR) is 137 cm³/mol. The van der Waals surface area contributed by atoms with Gasteiger partial charge in [-0.1, -0.05) is 43.6 Å². The van der Waals surface area contributed by atoms with Gasteiger partial charge in [-0.15, -0.1) is 0 Å². The molecule has 4 rings (SSSR count). The summed E-state index contributed by atoms with van der Waals surface area (Å²) in [5.41, 5.74) is 0.878. The van der Waals surface area contributed by atoms with Crippen LogP contribution < -0.4 is 10.2 Å². The number of anilines is 1. The summed E-state index contributed by atoms with van der Waals surface area (Å²) in [4.78, 5) is 45.3. The number of halogens is 1. The highest BCUT2D eigenvalue weighted by Gasteiger charge is 2.53. The van der Waals surface area contributed by atoms with Crippen LogP contribution in [0.3, 0.4) is 0 Å². The summed E-state index contributed by atoms with van der Waals surface area (Å²) in [6.45, 7) is 5.11. The molecule has 3 amide bonds. The normalized spacial score (nSPS) is 17.9. The average molecular weight is 508 g/mol. The maximum atomic E-state index is 13.5. The monoisotopic (exact) mass is 507 g/mol. The second-order valence-electron chi connectivity index (χ2n) is 9.77. The highest BCUT2D eigenvalue weighted by atomic mass is 35.5. The maximum absolute atomic E-state index is 13.5. The van der Waals surface area contributed by atoms with Crippen molar-refractivity contribution in [2.45, 2.75) is 38.3 Å². The van der Waals surface area contributed by atoms with E-state index in [-0.39, 0.29) is 33.9 Å². The number of amides is 3. The second-order valence-corrected chi connectivity index (χ2v) is 10.2. The SMILES string of the molecule is CC(C)[C@@H](NC(=O)c1ccc(C#N)c(Cl)c1)C(=O)N1CCC2(CC1)C(=O)N(C)CN2c1ccccc1. The molecule has 0 saturated carbocycles. The first-order valence-corrected chi connectivity index (χ1v) is 12.4. The van der Waals surface area contributed by atoms with Crippen molar-refractivity contribution in [2.75, 3.05) is 31.7 Å². The number of nitrogens with zero attached hydrogens (tertiary/aromatic N) is 4. The Balaban J connectivity index is 1.48. The van der Waals surface area contributed by atoms with Gasteiger partial charge in [0.2, 0.25) is 11.8 Å².